The Morgan fingerprint density at radius 1 is 0.971 bits per heavy atom. The van der Waals surface area contributed by atoms with Crippen molar-refractivity contribution in [1.29, 1.82) is 0 Å². The zero-order chi connectivity index (χ0) is 23.9. The van der Waals surface area contributed by atoms with Crippen LogP contribution in [0.1, 0.15) is 28.4 Å². The van der Waals surface area contributed by atoms with E-state index in [1.165, 1.54) is 4.90 Å². The van der Waals surface area contributed by atoms with Gasteiger partial charge in [0, 0.05) is 25.6 Å². The first-order valence-corrected chi connectivity index (χ1v) is 11.3. The summed E-state index contributed by atoms with van der Waals surface area (Å²) in [6.45, 7) is 0.324. The SMILES string of the molecule is CNN=C1C[C@@H](C(=O)NCC(O)c2ccccc2)N(C(=O)c2ccc(-c3ccccc3)cc2)C1. The highest BCUT2D eigenvalue weighted by molar-refractivity contribution is 6.05. The molecule has 0 radical (unpaired) electrons. The molecule has 0 spiro atoms. The molecule has 1 aliphatic heterocycles. The molecule has 174 valence electrons. The number of nitrogens with zero attached hydrogens (tertiary/aromatic N) is 2. The van der Waals surface area contributed by atoms with E-state index in [1.807, 2.05) is 60.7 Å². The number of nitrogens with one attached hydrogen (secondary N) is 2. The van der Waals surface area contributed by atoms with Gasteiger partial charge in [0.05, 0.1) is 18.4 Å². The number of benzene rings is 3. The first kappa shape index (κ1) is 23.2. The van der Waals surface area contributed by atoms with E-state index in [0.29, 0.717) is 12.0 Å². The molecule has 1 fully saturated rings. The molecule has 3 aromatic carbocycles. The molecule has 2 atom stereocenters. The maximum Gasteiger partial charge on any atom is 0.254 e. The highest BCUT2D eigenvalue weighted by Gasteiger charge is 2.38. The van der Waals surface area contributed by atoms with E-state index in [2.05, 4.69) is 15.8 Å². The fourth-order valence-electron chi connectivity index (χ4n) is 4.10. The van der Waals surface area contributed by atoms with Crippen LogP contribution in [0.15, 0.2) is 90.0 Å². The van der Waals surface area contributed by atoms with Gasteiger partial charge in [-0.2, -0.15) is 5.10 Å². The second-order valence-electron chi connectivity index (χ2n) is 8.17. The maximum absolute atomic E-state index is 13.3. The average Bonchev–Trinajstić information content (AvgIpc) is 3.32. The zero-order valence-electron chi connectivity index (χ0n) is 19.0. The van der Waals surface area contributed by atoms with Crippen molar-refractivity contribution in [2.24, 2.45) is 5.10 Å². The monoisotopic (exact) mass is 456 g/mol. The van der Waals surface area contributed by atoms with Crippen molar-refractivity contribution in [1.82, 2.24) is 15.6 Å². The summed E-state index contributed by atoms with van der Waals surface area (Å²) < 4.78 is 0. The molecule has 1 saturated heterocycles. The predicted molar refractivity (Wildman–Crippen MR) is 132 cm³/mol. The van der Waals surface area contributed by atoms with Crippen LogP contribution in [0.3, 0.4) is 0 Å². The third-order valence-corrected chi connectivity index (χ3v) is 5.88. The molecule has 2 amide bonds. The van der Waals surface area contributed by atoms with Gasteiger partial charge in [-0.15, -0.1) is 0 Å². The predicted octanol–water partition coefficient (Wildman–Crippen LogP) is 2.99. The second-order valence-corrected chi connectivity index (χ2v) is 8.17. The van der Waals surface area contributed by atoms with Crippen LogP contribution >= 0.6 is 0 Å². The molecule has 7 nitrogen and oxygen atoms in total. The summed E-state index contributed by atoms with van der Waals surface area (Å²) in [5.41, 5.74) is 6.78. The normalized spacial score (nSPS) is 17.4. The Bertz CT molecular complexity index is 1150. The van der Waals surface area contributed by atoms with Crippen molar-refractivity contribution >= 4 is 17.5 Å². The summed E-state index contributed by atoms with van der Waals surface area (Å²) in [5, 5.41) is 17.4. The van der Waals surface area contributed by atoms with E-state index in [9.17, 15) is 14.7 Å². The van der Waals surface area contributed by atoms with E-state index in [0.717, 1.165) is 22.4 Å². The molecule has 1 aliphatic rings. The highest BCUT2D eigenvalue weighted by Crippen LogP contribution is 2.23. The van der Waals surface area contributed by atoms with Gasteiger partial charge in [-0.05, 0) is 28.8 Å². The van der Waals surface area contributed by atoms with Gasteiger partial charge in [0.2, 0.25) is 5.91 Å². The number of carbonyl (C=O) groups is 2. The number of rotatable bonds is 7. The van der Waals surface area contributed by atoms with Crippen molar-refractivity contribution in [2.75, 3.05) is 20.1 Å². The number of hydrazone groups is 1. The van der Waals surface area contributed by atoms with Gasteiger partial charge < -0.3 is 20.7 Å². The largest absolute Gasteiger partial charge is 0.387 e. The average molecular weight is 457 g/mol. The Labute approximate surface area is 199 Å². The quantitative estimate of drug-likeness (QED) is 0.477. The van der Waals surface area contributed by atoms with E-state index < -0.39 is 12.1 Å². The number of aliphatic hydroxyl groups excluding tert-OH is 1. The zero-order valence-corrected chi connectivity index (χ0v) is 19.0. The lowest BCUT2D eigenvalue weighted by Gasteiger charge is -2.24. The molecular weight excluding hydrogens is 428 g/mol. The Morgan fingerprint density at radius 2 is 1.59 bits per heavy atom. The molecule has 0 aromatic heterocycles. The molecule has 3 aromatic rings. The highest BCUT2D eigenvalue weighted by atomic mass is 16.3. The summed E-state index contributed by atoms with van der Waals surface area (Å²) in [7, 11) is 1.69. The number of aliphatic hydroxyl groups is 1. The summed E-state index contributed by atoms with van der Waals surface area (Å²) in [6.07, 6.45) is -0.492. The first-order chi connectivity index (χ1) is 16.6. The van der Waals surface area contributed by atoms with Crippen LogP contribution in [-0.4, -0.2) is 53.7 Å². The molecule has 0 aliphatic carbocycles. The smallest absolute Gasteiger partial charge is 0.254 e. The van der Waals surface area contributed by atoms with Crippen LogP contribution in [0.2, 0.25) is 0 Å². The molecule has 34 heavy (non-hydrogen) atoms. The van der Waals surface area contributed by atoms with Crippen molar-refractivity contribution in [3.8, 4) is 11.1 Å². The van der Waals surface area contributed by atoms with Crippen LogP contribution in [0.4, 0.5) is 0 Å². The van der Waals surface area contributed by atoms with E-state index in [1.54, 1.807) is 31.3 Å². The standard InChI is InChI=1S/C27H28N4O3/c1-28-30-23-16-24(26(33)29-17-25(32)21-10-6-3-7-11-21)31(18-23)27(34)22-14-12-20(13-15-22)19-8-4-2-5-9-19/h2-15,24-25,28,32H,16-18H2,1H3,(H,29,33)/t24-,25?/m0/s1. The van der Waals surface area contributed by atoms with Gasteiger partial charge in [0.1, 0.15) is 6.04 Å². The van der Waals surface area contributed by atoms with E-state index in [4.69, 9.17) is 0 Å². The van der Waals surface area contributed by atoms with Crippen molar-refractivity contribution in [3.05, 3.63) is 96.1 Å². The number of carbonyl (C=O) groups excluding carboxylic acids is 2. The first-order valence-electron chi connectivity index (χ1n) is 11.3. The van der Waals surface area contributed by atoms with Gasteiger partial charge in [-0.3, -0.25) is 9.59 Å². The fourth-order valence-corrected chi connectivity index (χ4v) is 4.10. The van der Waals surface area contributed by atoms with Gasteiger partial charge in [-0.1, -0.05) is 72.8 Å². The lowest BCUT2D eigenvalue weighted by atomic mass is 10.0. The Morgan fingerprint density at radius 3 is 2.24 bits per heavy atom. The molecule has 7 heteroatoms. The molecule has 1 heterocycles. The minimum Gasteiger partial charge on any atom is -0.387 e. The van der Waals surface area contributed by atoms with Crippen molar-refractivity contribution < 1.29 is 14.7 Å². The van der Waals surface area contributed by atoms with Crippen LogP contribution in [0.5, 0.6) is 0 Å². The molecule has 0 saturated carbocycles. The minimum absolute atomic E-state index is 0.0612. The lowest BCUT2D eigenvalue weighted by molar-refractivity contribution is -0.125. The van der Waals surface area contributed by atoms with Crippen LogP contribution < -0.4 is 10.7 Å². The van der Waals surface area contributed by atoms with E-state index >= 15 is 0 Å². The van der Waals surface area contributed by atoms with E-state index in [-0.39, 0.29) is 24.9 Å². The number of hydrogen-bond donors (Lipinski definition) is 3. The Kier molecular flexibility index (Phi) is 7.34. The Balaban J connectivity index is 1.47. The summed E-state index contributed by atoms with van der Waals surface area (Å²) in [6, 6.07) is 25.8. The number of amides is 2. The third kappa shape index (κ3) is 5.32. The second kappa shape index (κ2) is 10.8. The number of hydrogen-bond acceptors (Lipinski definition) is 5. The maximum atomic E-state index is 13.3. The lowest BCUT2D eigenvalue weighted by Crippen LogP contribution is -2.46. The molecule has 4 rings (SSSR count). The summed E-state index contributed by atoms with van der Waals surface area (Å²) in [4.78, 5) is 27.9. The fraction of sp³-hybridized carbons (Fsp3) is 0.222. The van der Waals surface area contributed by atoms with Gasteiger partial charge in [0.25, 0.3) is 5.91 Å². The van der Waals surface area contributed by atoms with Gasteiger partial charge in [0.15, 0.2) is 0 Å². The van der Waals surface area contributed by atoms with Gasteiger partial charge >= 0.3 is 0 Å². The van der Waals surface area contributed by atoms with Crippen molar-refractivity contribution in [2.45, 2.75) is 18.6 Å². The molecule has 0 bridgehead atoms. The van der Waals surface area contributed by atoms with Crippen LogP contribution in [-0.2, 0) is 4.79 Å². The third-order valence-electron chi connectivity index (χ3n) is 5.88. The minimum atomic E-state index is -0.827. The topological polar surface area (TPSA) is 94.0 Å². The van der Waals surface area contributed by atoms with Crippen LogP contribution in [0.25, 0.3) is 11.1 Å². The van der Waals surface area contributed by atoms with Gasteiger partial charge in [-0.25, -0.2) is 0 Å². The molecular formula is C27H28N4O3. The number of likely N-dealkylation sites (tertiary alicyclic amines) is 1. The Hall–Kier alpha value is -3.97. The summed E-state index contributed by atoms with van der Waals surface area (Å²) in [5.74, 6) is -0.546. The van der Waals surface area contributed by atoms with Crippen LogP contribution in [0, 0.1) is 0 Å². The summed E-state index contributed by atoms with van der Waals surface area (Å²) >= 11 is 0. The molecule has 3 N–H and O–H groups in total. The van der Waals surface area contributed by atoms with Crippen molar-refractivity contribution in [3.63, 3.8) is 0 Å². The molecule has 1 unspecified atom stereocenters.